The first-order valence-electron chi connectivity index (χ1n) is 20.2. The lowest BCUT2D eigenvalue weighted by atomic mass is 9.33. The molecule has 0 unspecified atom stereocenters. The van der Waals surface area contributed by atoms with Gasteiger partial charge in [-0.05, 0) is 115 Å². The quantitative estimate of drug-likeness (QED) is 0.185. The van der Waals surface area contributed by atoms with Gasteiger partial charge in [0.05, 0.1) is 24.7 Å². The fourth-order valence-electron chi connectivity index (χ4n) is 13.9. The average molecular weight is 751 g/mol. The lowest BCUT2D eigenvalue weighted by Gasteiger charge is -2.72. The summed E-state index contributed by atoms with van der Waals surface area (Å²) in [7, 11) is 0. The topological polar surface area (TPSA) is 207 Å². The van der Waals surface area contributed by atoms with Crippen LogP contribution in [0.2, 0.25) is 0 Å². The van der Waals surface area contributed by atoms with Crippen molar-refractivity contribution in [3.8, 4) is 0 Å². The Morgan fingerprint density at radius 2 is 1.55 bits per heavy atom. The normalized spacial score (nSPS) is 55.1. The van der Waals surface area contributed by atoms with Crippen LogP contribution in [-0.4, -0.2) is 122 Å². The Kier molecular flexibility index (Phi) is 10.2. The molecular weight excluding hydrogens is 684 g/mol. The van der Waals surface area contributed by atoms with E-state index in [-0.39, 0.29) is 52.6 Å². The summed E-state index contributed by atoms with van der Waals surface area (Å²) in [5.74, 6) is -0.560. The van der Waals surface area contributed by atoms with Crippen LogP contribution in [0.5, 0.6) is 0 Å². The number of hydrogen-bond acceptors (Lipinski definition) is 11. The molecule has 12 nitrogen and oxygen atoms in total. The highest BCUT2D eigenvalue weighted by atomic mass is 16.7. The largest absolute Gasteiger partial charge is 0.481 e. The van der Waals surface area contributed by atoms with Crippen LogP contribution in [0.25, 0.3) is 0 Å². The van der Waals surface area contributed by atoms with E-state index in [2.05, 4.69) is 47.6 Å². The lowest BCUT2D eigenvalue weighted by molar-refractivity contribution is -0.343. The van der Waals surface area contributed by atoms with Crippen molar-refractivity contribution in [1.82, 2.24) is 0 Å². The number of carbonyl (C=O) groups is 1. The maximum absolute atomic E-state index is 13.1. The van der Waals surface area contributed by atoms with Crippen LogP contribution >= 0.6 is 0 Å². The highest BCUT2D eigenvalue weighted by Crippen LogP contribution is 2.76. The van der Waals surface area contributed by atoms with E-state index in [1.54, 1.807) is 0 Å². The number of hydrogen-bond donors (Lipinski definition) is 8. The molecular formula is C41H66O12. The molecule has 6 fully saturated rings. The minimum atomic E-state index is -1.69. The van der Waals surface area contributed by atoms with Gasteiger partial charge in [0.1, 0.15) is 42.7 Å². The molecule has 2 saturated heterocycles. The number of carboxylic acid groups (broad SMARTS) is 1. The Labute approximate surface area is 313 Å². The summed E-state index contributed by atoms with van der Waals surface area (Å²) in [4.78, 5) is 13.1. The molecule has 18 atom stereocenters. The van der Waals surface area contributed by atoms with Crippen molar-refractivity contribution < 1.29 is 59.9 Å². The van der Waals surface area contributed by atoms with E-state index < -0.39 is 78.5 Å². The van der Waals surface area contributed by atoms with Crippen LogP contribution in [-0.2, 0) is 19.0 Å². The molecule has 0 aromatic heterocycles. The van der Waals surface area contributed by atoms with Crippen LogP contribution in [0.15, 0.2) is 11.6 Å². The van der Waals surface area contributed by atoms with Crippen LogP contribution in [0.1, 0.15) is 106 Å². The number of aliphatic carboxylic acids is 1. The number of allylic oxidation sites excluding steroid dienone is 2. The molecule has 0 bridgehead atoms. The first kappa shape index (κ1) is 40.0. The second-order valence-electron chi connectivity index (χ2n) is 20.1. The smallest absolute Gasteiger partial charge is 0.310 e. The number of carboxylic acids is 1. The van der Waals surface area contributed by atoms with E-state index >= 15 is 0 Å². The molecule has 0 spiro atoms. The lowest BCUT2D eigenvalue weighted by Crippen LogP contribution is -2.68. The zero-order valence-electron chi connectivity index (χ0n) is 32.5. The molecule has 8 N–H and O–H groups in total. The maximum Gasteiger partial charge on any atom is 0.310 e. The minimum absolute atomic E-state index is 0.0232. The molecule has 2 heterocycles. The predicted octanol–water partition coefficient (Wildman–Crippen LogP) is 2.77. The summed E-state index contributed by atoms with van der Waals surface area (Å²) in [5, 5.41) is 85.6. The Balaban J connectivity index is 1.20. The average Bonchev–Trinajstić information content (AvgIpc) is 3.10. The number of rotatable bonds is 6. The molecule has 302 valence electrons. The molecule has 4 saturated carbocycles. The van der Waals surface area contributed by atoms with E-state index in [4.69, 9.17) is 14.2 Å². The zero-order chi connectivity index (χ0) is 38.7. The van der Waals surface area contributed by atoms with Gasteiger partial charge in [-0.1, -0.05) is 53.2 Å². The molecule has 12 heteroatoms. The van der Waals surface area contributed by atoms with Crippen molar-refractivity contribution in [2.24, 2.45) is 56.2 Å². The standard InChI is InChI=1S/C41H66O12/c1-36(2)13-15-41(35(49)50)16-14-39(5)21(23(41)17-36)7-8-27-37(3)11-9-22(38(4,20-43)26(37)10-12-40(27,39)6)32-33(28(45)24(44)19-51-32)53-34-31(48)30(47)29(46)25(18-42)52-34/h7,22-34,42-48H,8-20H2,1-6H3,(H,49,50)/t22-,23+,24-,25-,26-,27-,28+,29-,30+,31-,32+,33-,34-,37+,38-,39-,40-,41+/m1/s1. The van der Waals surface area contributed by atoms with Gasteiger partial charge >= 0.3 is 5.97 Å². The minimum Gasteiger partial charge on any atom is -0.481 e. The fraction of sp³-hybridized carbons (Fsp3) is 0.927. The second-order valence-corrected chi connectivity index (χ2v) is 20.1. The molecule has 0 aromatic carbocycles. The van der Waals surface area contributed by atoms with E-state index in [1.165, 1.54) is 5.57 Å². The van der Waals surface area contributed by atoms with Crippen molar-refractivity contribution in [2.75, 3.05) is 19.8 Å². The Morgan fingerprint density at radius 3 is 2.21 bits per heavy atom. The Morgan fingerprint density at radius 1 is 0.849 bits per heavy atom. The van der Waals surface area contributed by atoms with Gasteiger partial charge in [0.15, 0.2) is 6.29 Å². The molecule has 0 radical (unpaired) electrons. The molecule has 53 heavy (non-hydrogen) atoms. The van der Waals surface area contributed by atoms with Gasteiger partial charge in [0.25, 0.3) is 0 Å². The van der Waals surface area contributed by atoms with Gasteiger partial charge in [-0.2, -0.15) is 0 Å². The van der Waals surface area contributed by atoms with Crippen molar-refractivity contribution in [3.05, 3.63) is 11.6 Å². The summed E-state index contributed by atoms with van der Waals surface area (Å²) < 4.78 is 18.1. The molecule has 0 aromatic rings. The number of aliphatic hydroxyl groups excluding tert-OH is 7. The van der Waals surface area contributed by atoms with E-state index in [0.29, 0.717) is 18.8 Å². The number of ether oxygens (including phenoxy) is 3. The second kappa shape index (κ2) is 13.5. The molecule has 5 aliphatic carbocycles. The Hall–Kier alpha value is -1.19. The van der Waals surface area contributed by atoms with Crippen molar-refractivity contribution in [3.63, 3.8) is 0 Å². The van der Waals surface area contributed by atoms with Crippen LogP contribution in [0.3, 0.4) is 0 Å². The first-order chi connectivity index (χ1) is 24.7. The monoisotopic (exact) mass is 750 g/mol. The SMILES string of the molecule is CC1(C)CC[C@]2(C(=O)O)CC[C@]3(C)C(=CC[C@@H]4[C@@]5(C)CC[C@H]([C@@H]6OC[C@@H](O)[C@H](O)[C@H]6O[C@H]6O[C@H](CO)[C@@H](O)[C@H](O)[C@H]6O)[C@@](C)(CO)[C@@H]5CC[C@]43C)[C@@H]2C1. The third-order valence-corrected chi connectivity index (χ3v) is 17.4. The summed E-state index contributed by atoms with van der Waals surface area (Å²) in [5.41, 5.74) is -0.319. The van der Waals surface area contributed by atoms with Crippen LogP contribution in [0.4, 0.5) is 0 Å². The third-order valence-electron chi connectivity index (χ3n) is 17.4. The van der Waals surface area contributed by atoms with Gasteiger partial charge in [-0.25, -0.2) is 0 Å². The third kappa shape index (κ3) is 5.69. The maximum atomic E-state index is 13.1. The molecule has 2 aliphatic heterocycles. The molecule has 7 rings (SSSR count). The van der Waals surface area contributed by atoms with Gasteiger partial charge < -0.3 is 55.1 Å². The van der Waals surface area contributed by atoms with Gasteiger partial charge in [0, 0.05) is 6.61 Å². The van der Waals surface area contributed by atoms with Gasteiger partial charge in [-0.3, -0.25) is 4.79 Å². The van der Waals surface area contributed by atoms with E-state index in [0.717, 1.165) is 51.4 Å². The summed E-state index contributed by atoms with van der Waals surface area (Å²) in [6.07, 6.45) is -1.76. The molecule has 7 aliphatic rings. The summed E-state index contributed by atoms with van der Waals surface area (Å²) in [6.45, 7) is 13.0. The Bertz CT molecular complexity index is 1430. The zero-order valence-corrected chi connectivity index (χ0v) is 32.5. The first-order valence-corrected chi connectivity index (χ1v) is 20.2. The summed E-state index contributed by atoms with van der Waals surface area (Å²) in [6, 6.07) is 0. The molecule has 0 amide bonds. The summed E-state index contributed by atoms with van der Waals surface area (Å²) >= 11 is 0. The fourth-order valence-corrected chi connectivity index (χ4v) is 13.9. The van der Waals surface area contributed by atoms with Gasteiger partial charge in [-0.15, -0.1) is 0 Å². The van der Waals surface area contributed by atoms with Crippen molar-refractivity contribution in [1.29, 1.82) is 0 Å². The van der Waals surface area contributed by atoms with E-state index in [1.807, 2.05) is 0 Å². The van der Waals surface area contributed by atoms with Crippen LogP contribution < -0.4 is 0 Å². The number of aliphatic hydroxyl groups is 7. The van der Waals surface area contributed by atoms with Crippen LogP contribution in [0, 0.1) is 56.2 Å². The van der Waals surface area contributed by atoms with Crippen molar-refractivity contribution >= 4 is 5.97 Å². The highest BCUT2D eigenvalue weighted by molar-refractivity contribution is 5.76. The predicted molar refractivity (Wildman–Crippen MR) is 192 cm³/mol. The van der Waals surface area contributed by atoms with Crippen molar-refractivity contribution in [2.45, 2.75) is 161 Å². The van der Waals surface area contributed by atoms with E-state index in [9.17, 15) is 45.6 Å². The highest BCUT2D eigenvalue weighted by Gasteiger charge is 2.70. The van der Waals surface area contributed by atoms with Gasteiger partial charge in [0.2, 0.25) is 0 Å². The number of fused-ring (bicyclic) bond motifs is 7.